The summed E-state index contributed by atoms with van der Waals surface area (Å²) in [6.07, 6.45) is 2.25. The molecule has 4 heteroatoms. The Labute approximate surface area is 83.5 Å². The number of aryl methyl sites for hydroxylation is 1. The number of hydrogen-bond donors (Lipinski definition) is 1. The number of benzene rings is 1. The van der Waals surface area contributed by atoms with E-state index < -0.39 is 15.4 Å². The Bertz CT molecular complexity index is 436. The summed E-state index contributed by atoms with van der Waals surface area (Å²) < 4.78 is 31.3. The first-order valence-electron chi connectivity index (χ1n) is 4.63. The average Bonchev–Trinajstić information content (AvgIpc) is 2.15. The van der Waals surface area contributed by atoms with Gasteiger partial charge in [-0.05, 0) is 30.4 Å². The van der Waals surface area contributed by atoms with E-state index in [4.69, 9.17) is 4.55 Å². The van der Waals surface area contributed by atoms with Gasteiger partial charge in [0.05, 0.1) is 0 Å². The van der Waals surface area contributed by atoms with Gasteiger partial charge < -0.3 is 0 Å². The molecule has 0 saturated carbocycles. The van der Waals surface area contributed by atoms with Crippen molar-refractivity contribution < 1.29 is 13.0 Å². The Balaban J connectivity index is 2.51. The van der Waals surface area contributed by atoms with Gasteiger partial charge in [-0.2, -0.15) is 8.42 Å². The van der Waals surface area contributed by atoms with Crippen molar-refractivity contribution in [2.24, 2.45) is 0 Å². The first kappa shape index (κ1) is 9.68. The first-order valence-corrected chi connectivity index (χ1v) is 6.13. The van der Waals surface area contributed by atoms with E-state index in [2.05, 4.69) is 0 Å². The quantitative estimate of drug-likeness (QED) is 0.724. The highest BCUT2D eigenvalue weighted by molar-refractivity contribution is 7.86. The third-order valence-electron chi connectivity index (χ3n) is 2.67. The molecule has 76 valence electrons. The fourth-order valence-corrected chi connectivity index (χ4v) is 3.03. The van der Waals surface area contributed by atoms with Gasteiger partial charge in [-0.1, -0.05) is 24.3 Å². The predicted molar refractivity (Wildman–Crippen MR) is 53.7 cm³/mol. The van der Waals surface area contributed by atoms with Crippen molar-refractivity contribution in [2.75, 3.05) is 0 Å². The van der Waals surface area contributed by atoms with Gasteiger partial charge in [0, 0.05) is 0 Å². The van der Waals surface area contributed by atoms with E-state index in [0.717, 1.165) is 24.0 Å². The van der Waals surface area contributed by atoms with E-state index in [1.54, 1.807) is 6.07 Å². The fraction of sp³-hybridized carbons (Fsp3) is 0.400. The highest BCUT2D eigenvalue weighted by atomic mass is 32.2. The molecule has 1 aromatic rings. The maximum atomic E-state index is 11.1. The molecule has 1 N–H and O–H groups in total. The van der Waals surface area contributed by atoms with Crippen molar-refractivity contribution in [1.82, 2.24) is 0 Å². The molecule has 1 aromatic carbocycles. The topological polar surface area (TPSA) is 54.4 Å². The van der Waals surface area contributed by atoms with Crippen molar-refractivity contribution in [3.05, 3.63) is 35.4 Å². The van der Waals surface area contributed by atoms with Crippen molar-refractivity contribution in [1.29, 1.82) is 0 Å². The lowest BCUT2D eigenvalue weighted by Crippen LogP contribution is -2.17. The summed E-state index contributed by atoms with van der Waals surface area (Å²) in [5, 5.41) is -0.715. The summed E-state index contributed by atoms with van der Waals surface area (Å²) in [4.78, 5) is 0. The van der Waals surface area contributed by atoms with Crippen LogP contribution in [0.15, 0.2) is 24.3 Å². The van der Waals surface area contributed by atoms with Crippen LogP contribution < -0.4 is 0 Å². The van der Waals surface area contributed by atoms with Gasteiger partial charge in [-0.3, -0.25) is 4.55 Å². The molecule has 3 nitrogen and oxygen atoms in total. The summed E-state index contributed by atoms with van der Waals surface area (Å²) in [7, 11) is -3.94. The highest BCUT2D eigenvalue weighted by Crippen LogP contribution is 2.34. The molecule has 0 aliphatic heterocycles. The Kier molecular flexibility index (Phi) is 2.33. The van der Waals surface area contributed by atoms with Crippen LogP contribution in [0.4, 0.5) is 0 Å². The number of hydrogen-bond acceptors (Lipinski definition) is 2. The zero-order valence-corrected chi connectivity index (χ0v) is 8.50. The minimum Gasteiger partial charge on any atom is -0.285 e. The zero-order chi connectivity index (χ0) is 10.2. The normalized spacial score (nSPS) is 21.6. The van der Waals surface area contributed by atoms with Crippen molar-refractivity contribution in [3.63, 3.8) is 0 Å². The molecule has 0 bridgehead atoms. The standard InChI is InChI=1S/C10H12O3S/c11-14(12,13)10-7-3-5-8-4-1-2-6-9(8)10/h1-2,4,6,10H,3,5,7H2,(H,11,12,13)/t10-/m1/s1. The molecular formula is C10H12O3S. The summed E-state index contributed by atoms with van der Waals surface area (Å²) in [5.74, 6) is 0. The third kappa shape index (κ3) is 1.67. The third-order valence-corrected chi connectivity index (χ3v) is 3.88. The van der Waals surface area contributed by atoms with Crippen LogP contribution in [0.25, 0.3) is 0 Å². The van der Waals surface area contributed by atoms with Gasteiger partial charge >= 0.3 is 0 Å². The molecule has 0 amide bonds. The van der Waals surface area contributed by atoms with Crippen molar-refractivity contribution in [3.8, 4) is 0 Å². The van der Waals surface area contributed by atoms with Crippen LogP contribution in [0.1, 0.15) is 29.2 Å². The molecule has 0 spiro atoms. The van der Waals surface area contributed by atoms with Crippen LogP contribution in [0.5, 0.6) is 0 Å². The first-order chi connectivity index (χ1) is 6.59. The molecule has 1 aliphatic carbocycles. The number of rotatable bonds is 1. The van der Waals surface area contributed by atoms with Gasteiger partial charge in [0.1, 0.15) is 5.25 Å². The molecule has 1 aliphatic rings. The maximum absolute atomic E-state index is 11.1. The largest absolute Gasteiger partial charge is 0.285 e. The monoisotopic (exact) mass is 212 g/mol. The van der Waals surface area contributed by atoms with Gasteiger partial charge in [0.2, 0.25) is 0 Å². The van der Waals surface area contributed by atoms with E-state index >= 15 is 0 Å². The minimum absolute atomic E-state index is 0.524. The lowest BCUT2D eigenvalue weighted by atomic mass is 9.91. The van der Waals surface area contributed by atoms with Crippen LogP contribution in [0.3, 0.4) is 0 Å². The molecule has 14 heavy (non-hydrogen) atoms. The Hall–Kier alpha value is -0.870. The van der Waals surface area contributed by atoms with Crippen LogP contribution in [-0.4, -0.2) is 13.0 Å². The predicted octanol–water partition coefficient (Wildman–Crippen LogP) is 1.95. The van der Waals surface area contributed by atoms with Gasteiger partial charge in [0.15, 0.2) is 0 Å². The SMILES string of the molecule is O=S(=O)(O)[C@@H]1CCCc2ccccc21. The van der Waals surface area contributed by atoms with Crippen LogP contribution in [0.2, 0.25) is 0 Å². The van der Waals surface area contributed by atoms with Crippen LogP contribution in [-0.2, 0) is 16.5 Å². The van der Waals surface area contributed by atoms with Crippen molar-refractivity contribution >= 4 is 10.1 Å². The van der Waals surface area contributed by atoms with Crippen LogP contribution in [0, 0.1) is 0 Å². The summed E-state index contributed by atoms with van der Waals surface area (Å²) in [6, 6.07) is 7.41. The van der Waals surface area contributed by atoms with Crippen LogP contribution >= 0.6 is 0 Å². The Morgan fingerprint density at radius 3 is 2.71 bits per heavy atom. The second-order valence-corrected chi connectivity index (χ2v) is 5.19. The highest BCUT2D eigenvalue weighted by Gasteiger charge is 2.29. The lowest BCUT2D eigenvalue weighted by molar-refractivity contribution is 0.457. The molecule has 0 radical (unpaired) electrons. The molecular weight excluding hydrogens is 200 g/mol. The smallest absolute Gasteiger partial charge is 0.271 e. The van der Waals surface area contributed by atoms with E-state index in [9.17, 15) is 8.42 Å². The Morgan fingerprint density at radius 2 is 2.00 bits per heavy atom. The fourth-order valence-electron chi connectivity index (χ4n) is 2.02. The van der Waals surface area contributed by atoms with Crippen molar-refractivity contribution in [2.45, 2.75) is 24.5 Å². The Morgan fingerprint density at radius 1 is 1.29 bits per heavy atom. The summed E-state index contributed by atoms with van der Waals surface area (Å²) in [5.41, 5.74) is 1.81. The molecule has 0 fully saturated rings. The van der Waals surface area contributed by atoms with E-state index in [1.165, 1.54) is 0 Å². The molecule has 0 heterocycles. The number of fused-ring (bicyclic) bond motifs is 1. The van der Waals surface area contributed by atoms with Gasteiger partial charge in [-0.15, -0.1) is 0 Å². The average molecular weight is 212 g/mol. The summed E-state index contributed by atoms with van der Waals surface area (Å²) >= 11 is 0. The zero-order valence-electron chi connectivity index (χ0n) is 7.68. The molecule has 1 atom stereocenters. The van der Waals surface area contributed by atoms with E-state index in [0.29, 0.717) is 6.42 Å². The lowest BCUT2D eigenvalue weighted by Gasteiger charge is -2.22. The molecule has 0 aromatic heterocycles. The molecule has 0 saturated heterocycles. The maximum Gasteiger partial charge on any atom is 0.271 e. The van der Waals surface area contributed by atoms with E-state index in [-0.39, 0.29) is 0 Å². The molecule has 0 unspecified atom stereocenters. The van der Waals surface area contributed by atoms with Gasteiger partial charge in [-0.25, -0.2) is 0 Å². The molecule has 2 rings (SSSR count). The minimum atomic E-state index is -3.94. The second kappa shape index (κ2) is 3.37. The second-order valence-electron chi connectivity index (χ2n) is 3.59. The summed E-state index contributed by atoms with van der Waals surface area (Å²) in [6.45, 7) is 0. The van der Waals surface area contributed by atoms with Gasteiger partial charge in [0.25, 0.3) is 10.1 Å². The van der Waals surface area contributed by atoms with E-state index in [1.807, 2.05) is 18.2 Å².